The molecule has 1 N–H and O–H groups in total. The highest BCUT2D eigenvalue weighted by molar-refractivity contribution is 5.71. The predicted molar refractivity (Wildman–Crippen MR) is 56.3 cm³/mol. The van der Waals surface area contributed by atoms with E-state index in [-0.39, 0.29) is 0 Å². The molecule has 0 fully saturated rings. The van der Waals surface area contributed by atoms with Gasteiger partial charge in [0, 0.05) is 12.6 Å². The van der Waals surface area contributed by atoms with Gasteiger partial charge in [-0.05, 0) is 19.9 Å². The predicted octanol–water partition coefficient (Wildman–Crippen LogP) is 1.96. The highest BCUT2D eigenvalue weighted by Crippen LogP contribution is 2.44. The number of rotatable bonds is 1. The molecule has 1 amide bonds. The van der Waals surface area contributed by atoms with E-state index >= 15 is 0 Å². The van der Waals surface area contributed by atoms with Crippen molar-refractivity contribution in [1.82, 2.24) is 5.32 Å². The summed E-state index contributed by atoms with van der Waals surface area (Å²) >= 11 is 0. The molecule has 1 aliphatic rings. The second kappa shape index (κ2) is 3.68. The molecule has 5 heteroatoms. The molecule has 2 rings (SSSR count). The molecule has 1 aromatic carbocycles. The van der Waals surface area contributed by atoms with Crippen LogP contribution in [0.5, 0.6) is 11.5 Å². The van der Waals surface area contributed by atoms with E-state index in [1.807, 2.05) is 19.9 Å². The average Bonchev–Trinajstić information content (AvgIpc) is 2.56. The van der Waals surface area contributed by atoms with E-state index < -0.39 is 11.7 Å². The zero-order chi connectivity index (χ0) is 11.8. The fourth-order valence-electron chi connectivity index (χ4n) is 1.50. The maximum atomic E-state index is 11.1. The highest BCUT2D eigenvalue weighted by atomic mass is 17.2. The molecule has 0 spiro atoms. The maximum absolute atomic E-state index is 11.1. The molecule has 0 aliphatic carbocycles. The molecular formula is C11H13NO4. The molecular weight excluding hydrogens is 210 g/mol. The van der Waals surface area contributed by atoms with Crippen molar-refractivity contribution in [3.05, 3.63) is 23.8 Å². The smallest absolute Gasteiger partial charge is 0.406 e. The van der Waals surface area contributed by atoms with Gasteiger partial charge in [0.05, 0.1) is 0 Å². The van der Waals surface area contributed by atoms with Gasteiger partial charge in [0.25, 0.3) is 0 Å². The molecule has 86 valence electrons. The van der Waals surface area contributed by atoms with E-state index in [1.165, 1.54) is 7.05 Å². The number of para-hydroxylation sites is 1. The molecule has 0 radical (unpaired) electrons. The Morgan fingerprint density at radius 1 is 1.44 bits per heavy atom. The van der Waals surface area contributed by atoms with Crippen molar-refractivity contribution in [3.8, 4) is 11.5 Å². The summed E-state index contributed by atoms with van der Waals surface area (Å²) in [5, 5.41) is 2.37. The first kappa shape index (κ1) is 10.8. The number of hydrogen-bond donors (Lipinski definition) is 1. The minimum atomic E-state index is -0.540. The van der Waals surface area contributed by atoms with E-state index in [2.05, 4.69) is 5.32 Å². The molecule has 5 nitrogen and oxygen atoms in total. The summed E-state index contributed by atoms with van der Waals surface area (Å²) in [6.45, 7) is 3.75. The van der Waals surface area contributed by atoms with E-state index in [9.17, 15) is 4.79 Å². The van der Waals surface area contributed by atoms with Crippen LogP contribution >= 0.6 is 0 Å². The van der Waals surface area contributed by atoms with E-state index in [0.717, 1.165) is 5.56 Å². The van der Waals surface area contributed by atoms with Crippen molar-refractivity contribution in [1.29, 1.82) is 0 Å². The van der Waals surface area contributed by atoms with Crippen molar-refractivity contribution in [2.75, 3.05) is 7.05 Å². The van der Waals surface area contributed by atoms with Gasteiger partial charge >= 0.3 is 6.09 Å². The largest absolute Gasteiger partial charge is 0.412 e. The molecule has 1 aromatic rings. The number of fused-ring (bicyclic) bond motifs is 1. The van der Waals surface area contributed by atoms with Gasteiger partial charge in [0.2, 0.25) is 5.75 Å². The molecule has 16 heavy (non-hydrogen) atoms. The van der Waals surface area contributed by atoms with Crippen LogP contribution in [0.25, 0.3) is 0 Å². The van der Waals surface area contributed by atoms with Crippen molar-refractivity contribution in [2.45, 2.75) is 19.4 Å². The lowest BCUT2D eigenvalue weighted by Gasteiger charge is -2.12. The summed E-state index contributed by atoms with van der Waals surface area (Å²) in [6.07, 6.45) is -0.540. The minimum absolute atomic E-state index is 0.349. The Kier molecular flexibility index (Phi) is 2.47. The second-order valence-electron chi connectivity index (χ2n) is 3.95. The van der Waals surface area contributed by atoms with Crippen molar-refractivity contribution >= 4 is 6.09 Å². The molecule has 0 bridgehead atoms. The lowest BCUT2D eigenvalue weighted by atomic mass is 9.98. The molecule has 0 atom stereocenters. The maximum Gasteiger partial charge on any atom is 0.412 e. The standard InChI is InChI=1S/C11H13NO4/c1-11(2)7-5-4-6-8(9(7)15-16-11)14-10(13)12-3/h4-6H,1-3H3,(H,12,13). The third kappa shape index (κ3) is 1.69. The van der Waals surface area contributed by atoms with Crippen molar-refractivity contribution in [3.63, 3.8) is 0 Å². The number of ether oxygens (including phenoxy) is 1. The highest BCUT2D eigenvalue weighted by Gasteiger charge is 2.36. The normalized spacial score (nSPS) is 16.2. The Labute approximate surface area is 93.2 Å². The molecule has 0 unspecified atom stereocenters. The number of benzene rings is 1. The van der Waals surface area contributed by atoms with Gasteiger partial charge < -0.3 is 14.9 Å². The van der Waals surface area contributed by atoms with E-state index in [1.54, 1.807) is 12.1 Å². The van der Waals surface area contributed by atoms with Gasteiger partial charge in [-0.15, -0.1) is 0 Å². The van der Waals surface area contributed by atoms with Crippen molar-refractivity contribution < 1.29 is 19.3 Å². The third-order valence-electron chi connectivity index (χ3n) is 2.37. The molecule has 1 aliphatic heterocycles. The number of amides is 1. The van der Waals surface area contributed by atoms with Gasteiger partial charge in [-0.2, -0.15) is 4.89 Å². The lowest BCUT2D eigenvalue weighted by Crippen LogP contribution is -2.22. The summed E-state index contributed by atoms with van der Waals surface area (Å²) in [5.74, 6) is 0.804. The van der Waals surface area contributed by atoms with Crippen LogP contribution in [0, 0.1) is 0 Å². The monoisotopic (exact) mass is 223 g/mol. The van der Waals surface area contributed by atoms with Crippen LogP contribution in [-0.2, 0) is 10.5 Å². The van der Waals surface area contributed by atoms with Crippen LogP contribution in [0.2, 0.25) is 0 Å². The fraction of sp³-hybridized carbons (Fsp3) is 0.364. The van der Waals surface area contributed by atoms with Gasteiger partial charge in [-0.25, -0.2) is 4.79 Å². The molecule has 0 saturated carbocycles. The summed E-state index contributed by atoms with van der Waals surface area (Å²) < 4.78 is 5.04. The number of carbonyl (C=O) groups excluding carboxylic acids is 1. The first-order valence-electron chi connectivity index (χ1n) is 4.93. The summed E-state index contributed by atoms with van der Waals surface area (Å²) in [5.41, 5.74) is 0.325. The summed E-state index contributed by atoms with van der Waals surface area (Å²) in [4.78, 5) is 21.4. The van der Waals surface area contributed by atoms with Crippen LogP contribution in [0.4, 0.5) is 4.79 Å². The molecule has 0 saturated heterocycles. The van der Waals surface area contributed by atoms with Gasteiger partial charge in [-0.3, -0.25) is 0 Å². The summed E-state index contributed by atoms with van der Waals surface area (Å²) in [6, 6.07) is 5.31. The average molecular weight is 223 g/mol. The number of carbonyl (C=O) groups is 1. The first-order valence-corrected chi connectivity index (χ1v) is 4.93. The van der Waals surface area contributed by atoms with Crippen LogP contribution in [-0.4, -0.2) is 13.1 Å². The number of hydrogen-bond acceptors (Lipinski definition) is 4. The Hall–Kier alpha value is -1.75. The topological polar surface area (TPSA) is 56.8 Å². The first-order chi connectivity index (χ1) is 7.54. The summed E-state index contributed by atoms with van der Waals surface area (Å²) in [7, 11) is 1.49. The van der Waals surface area contributed by atoms with Crippen LogP contribution in [0.15, 0.2) is 18.2 Å². The molecule has 1 heterocycles. The van der Waals surface area contributed by atoms with Crippen molar-refractivity contribution in [2.24, 2.45) is 0 Å². The number of nitrogens with one attached hydrogen (secondary N) is 1. The second-order valence-corrected chi connectivity index (χ2v) is 3.95. The Bertz CT molecular complexity index is 428. The SMILES string of the molecule is CNC(=O)Oc1cccc2c1OOC2(C)C. The zero-order valence-corrected chi connectivity index (χ0v) is 9.37. The van der Waals surface area contributed by atoms with Gasteiger partial charge in [-0.1, -0.05) is 12.1 Å². The third-order valence-corrected chi connectivity index (χ3v) is 2.37. The Morgan fingerprint density at radius 2 is 2.19 bits per heavy atom. The minimum Gasteiger partial charge on any atom is -0.406 e. The molecule has 0 aromatic heterocycles. The van der Waals surface area contributed by atoms with Crippen LogP contribution in [0.3, 0.4) is 0 Å². The lowest BCUT2D eigenvalue weighted by molar-refractivity contribution is -0.260. The fourth-order valence-corrected chi connectivity index (χ4v) is 1.50. The van der Waals surface area contributed by atoms with Gasteiger partial charge in [0.15, 0.2) is 5.75 Å². The van der Waals surface area contributed by atoms with E-state index in [0.29, 0.717) is 11.5 Å². The van der Waals surface area contributed by atoms with E-state index in [4.69, 9.17) is 14.5 Å². The Balaban J connectivity index is 2.36. The van der Waals surface area contributed by atoms with Crippen LogP contribution < -0.4 is 14.9 Å². The zero-order valence-electron chi connectivity index (χ0n) is 9.37. The van der Waals surface area contributed by atoms with Crippen LogP contribution in [0.1, 0.15) is 19.4 Å². The quantitative estimate of drug-likeness (QED) is 0.739. The van der Waals surface area contributed by atoms with Gasteiger partial charge in [0.1, 0.15) is 5.60 Å². The Morgan fingerprint density at radius 3 is 2.88 bits per heavy atom.